The molecule has 0 bridgehead atoms. The molecule has 110 valence electrons. The van der Waals surface area contributed by atoms with E-state index in [0.717, 1.165) is 41.6 Å². The van der Waals surface area contributed by atoms with Crippen molar-refractivity contribution >= 4 is 27.4 Å². The Hall–Kier alpha value is -1.20. The van der Waals surface area contributed by atoms with Crippen molar-refractivity contribution in [3.05, 3.63) is 17.8 Å². The molecule has 4 heterocycles. The van der Waals surface area contributed by atoms with Crippen LogP contribution in [0.4, 0.5) is 5.82 Å². The van der Waals surface area contributed by atoms with Gasteiger partial charge in [0, 0.05) is 32.2 Å². The molecule has 3 aliphatic rings. The lowest BCUT2D eigenvalue weighted by Crippen LogP contribution is -2.59. The highest BCUT2D eigenvalue weighted by Gasteiger charge is 2.42. The SMILES string of the molecule is c1nc(N2CC(N3CC4CCCC4C3)C2)c2ccsc2n1. The molecule has 1 aliphatic carbocycles. The van der Waals surface area contributed by atoms with Gasteiger partial charge in [-0.1, -0.05) is 6.42 Å². The van der Waals surface area contributed by atoms with E-state index in [-0.39, 0.29) is 0 Å². The van der Waals surface area contributed by atoms with Gasteiger partial charge in [0.2, 0.25) is 0 Å². The van der Waals surface area contributed by atoms with Gasteiger partial charge in [-0.25, -0.2) is 9.97 Å². The second-order valence-electron chi connectivity index (χ2n) is 6.80. The third-order valence-electron chi connectivity index (χ3n) is 5.67. The normalized spacial score (nSPS) is 30.0. The highest BCUT2D eigenvalue weighted by Crippen LogP contribution is 2.40. The number of hydrogen-bond donors (Lipinski definition) is 0. The van der Waals surface area contributed by atoms with Gasteiger partial charge in [0.25, 0.3) is 0 Å². The van der Waals surface area contributed by atoms with Gasteiger partial charge >= 0.3 is 0 Å². The average Bonchev–Trinajstić information content (AvgIpc) is 3.11. The molecule has 2 aromatic heterocycles. The molecular weight excluding hydrogens is 280 g/mol. The minimum absolute atomic E-state index is 0.749. The van der Waals surface area contributed by atoms with E-state index in [9.17, 15) is 0 Å². The van der Waals surface area contributed by atoms with Gasteiger partial charge in [-0.15, -0.1) is 11.3 Å². The number of fused-ring (bicyclic) bond motifs is 2. The standard InChI is InChI=1S/C16H20N4S/c1-2-11-6-19(7-12(11)3-1)13-8-20(9-13)15-14-4-5-21-16(14)18-10-17-15/h4-5,10-13H,1-3,6-9H2. The van der Waals surface area contributed by atoms with Crippen LogP contribution in [0.15, 0.2) is 17.8 Å². The van der Waals surface area contributed by atoms with Gasteiger partial charge in [0.05, 0.1) is 5.39 Å². The lowest BCUT2D eigenvalue weighted by molar-refractivity contribution is 0.190. The van der Waals surface area contributed by atoms with Crippen molar-refractivity contribution in [3.63, 3.8) is 0 Å². The zero-order valence-electron chi connectivity index (χ0n) is 12.1. The monoisotopic (exact) mass is 300 g/mol. The van der Waals surface area contributed by atoms with Crippen molar-refractivity contribution in [2.24, 2.45) is 11.8 Å². The van der Waals surface area contributed by atoms with Crippen molar-refractivity contribution in [3.8, 4) is 0 Å². The van der Waals surface area contributed by atoms with E-state index in [2.05, 4.69) is 31.2 Å². The maximum absolute atomic E-state index is 4.52. The van der Waals surface area contributed by atoms with Crippen molar-refractivity contribution in [1.82, 2.24) is 14.9 Å². The first-order chi connectivity index (χ1) is 10.4. The van der Waals surface area contributed by atoms with Gasteiger partial charge in [0.15, 0.2) is 0 Å². The summed E-state index contributed by atoms with van der Waals surface area (Å²) in [4.78, 5) is 15.2. The molecule has 1 saturated carbocycles. The molecular formula is C16H20N4S. The van der Waals surface area contributed by atoms with Gasteiger partial charge in [-0.3, -0.25) is 4.90 Å². The second-order valence-corrected chi connectivity index (χ2v) is 7.70. The summed E-state index contributed by atoms with van der Waals surface area (Å²) < 4.78 is 0. The third kappa shape index (κ3) is 1.90. The fraction of sp³-hybridized carbons (Fsp3) is 0.625. The lowest BCUT2D eigenvalue weighted by atomic mass is 10.0. The van der Waals surface area contributed by atoms with E-state index in [1.165, 1.54) is 37.7 Å². The van der Waals surface area contributed by atoms with Crippen LogP contribution in [-0.2, 0) is 0 Å². The average molecular weight is 300 g/mol. The van der Waals surface area contributed by atoms with Crippen LogP contribution in [0.2, 0.25) is 0 Å². The van der Waals surface area contributed by atoms with E-state index in [1.807, 2.05) is 0 Å². The van der Waals surface area contributed by atoms with E-state index in [0.29, 0.717) is 0 Å². The predicted molar refractivity (Wildman–Crippen MR) is 85.8 cm³/mol. The molecule has 5 rings (SSSR count). The number of anilines is 1. The quantitative estimate of drug-likeness (QED) is 0.853. The molecule has 2 saturated heterocycles. The summed E-state index contributed by atoms with van der Waals surface area (Å²) in [6.07, 6.45) is 6.12. The molecule has 0 spiro atoms. The summed E-state index contributed by atoms with van der Waals surface area (Å²) in [5.41, 5.74) is 0. The first kappa shape index (κ1) is 12.4. The van der Waals surface area contributed by atoms with E-state index < -0.39 is 0 Å². The molecule has 21 heavy (non-hydrogen) atoms. The Morgan fingerprint density at radius 2 is 1.86 bits per heavy atom. The molecule has 0 N–H and O–H groups in total. The highest BCUT2D eigenvalue weighted by atomic mass is 32.1. The topological polar surface area (TPSA) is 32.3 Å². The Morgan fingerprint density at radius 3 is 2.67 bits per heavy atom. The zero-order chi connectivity index (χ0) is 13.8. The summed E-state index contributed by atoms with van der Waals surface area (Å²) in [5.74, 6) is 3.14. The maximum Gasteiger partial charge on any atom is 0.140 e. The number of nitrogens with zero attached hydrogens (tertiary/aromatic N) is 4. The predicted octanol–water partition coefficient (Wildman–Crippen LogP) is 2.61. The molecule has 2 unspecified atom stereocenters. The van der Waals surface area contributed by atoms with Crippen LogP contribution in [-0.4, -0.2) is 47.1 Å². The smallest absolute Gasteiger partial charge is 0.140 e. The number of rotatable bonds is 2. The largest absolute Gasteiger partial charge is 0.353 e. The first-order valence-corrected chi connectivity index (χ1v) is 8.93. The summed E-state index contributed by atoms with van der Waals surface area (Å²) >= 11 is 1.70. The Morgan fingerprint density at radius 1 is 1.05 bits per heavy atom. The van der Waals surface area contributed by atoms with Crippen LogP contribution in [0.1, 0.15) is 19.3 Å². The van der Waals surface area contributed by atoms with Crippen LogP contribution >= 0.6 is 11.3 Å². The molecule has 4 nitrogen and oxygen atoms in total. The fourth-order valence-electron chi connectivity index (χ4n) is 4.46. The summed E-state index contributed by atoms with van der Waals surface area (Å²) in [7, 11) is 0. The molecule has 2 aliphatic heterocycles. The van der Waals surface area contributed by atoms with Gasteiger partial charge in [-0.2, -0.15) is 0 Å². The molecule has 2 atom stereocenters. The summed E-state index contributed by atoms with van der Waals surface area (Å²) in [6, 6.07) is 2.90. The first-order valence-electron chi connectivity index (χ1n) is 8.05. The minimum atomic E-state index is 0.749. The van der Waals surface area contributed by atoms with Crippen molar-refractivity contribution in [1.29, 1.82) is 0 Å². The molecule has 5 heteroatoms. The number of hydrogen-bond acceptors (Lipinski definition) is 5. The number of aromatic nitrogens is 2. The zero-order valence-corrected chi connectivity index (χ0v) is 12.9. The van der Waals surface area contributed by atoms with Crippen molar-refractivity contribution in [2.75, 3.05) is 31.1 Å². The molecule has 3 fully saturated rings. The molecule has 0 aromatic carbocycles. The van der Waals surface area contributed by atoms with Crippen molar-refractivity contribution < 1.29 is 0 Å². The van der Waals surface area contributed by atoms with Crippen LogP contribution in [0.25, 0.3) is 10.2 Å². The summed E-state index contributed by atoms with van der Waals surface area (Å²) in [6.45, 7) is 4.98. The minimum Gasteiger partial charge on any atom is -0.353 e. The fourth-order valence-corrected chi connectivity index (χ4v) is 5.18. The van der Waals surface area contributed by atoms with Gasteiger partial charge in [-0.05, 0) is 36.1 Å². The molecule has 0 amide bonds. The van der Waals surface area contributed by atoms with Crippen LogP contribution in [0.5, 0.6) is 0 Å². The third-order valence-corrected chi connectivity index (χ3v) is 6.49. The Labute approximate surface area is 128 Å². The Bertz CT molecular complexity index is 651. The van der Waals surface area contributed by atoms with Crippen LogP contribution < -0.4 is 4.90 Å². The maximum atomic E-state index is 4.52. The lowest BCUT2D eigenvalue weighted by Gasteiger charge is -2.45. The van der Waals surface area contributed by atoms with Crippen LogP contribution in [0, 0.1) is 11.8 Å². The number of thiophene rings is 1. The van der Waals surface area contributed by atoms with Crippen LogP contribution in [0.3, 0.4) is 0 Å². The Balaban J connectivity index is 1.29. The summed E-state index contributed by atoms with van der Waals surface area (Å²) in [5, 5.41) is 3.33. The highest BCUT2D eigenvalue weighted by molar-refractivity contribution is 7.16. The number of likely N-dealkylation sites (tertiary alicyclic amines) is 1. The van der Waals surface area contributed by atoms with E-state index >= 15 is 0 Å². The second kappa shape index (κ2) is 4.65. The Kier molecular flexibility index (Phi) is 2.73. The van der Waals surface area contributed by atoms with Gasteiger partial charge in [0.1, 0.15) is 17.0 Å². The molecule has 2 aromatic rings. The van der Waals surface area contributed by atoms with E-state index in [1.54, 1.807) is 17.7 Å². The van der Waals surface area contributed by atoms with Crippen molar-refractivity contribution in [2.45, 2.75) is 25.3 Å². The van der Waals surface area contributed by atoms with Gasteiger partial charge < -0.3 is 4.90 Å². The van der Waals surface area contributed by atoms with E-state index in [4.69, 9.17) is 0 Å². The molecule has 0 radical (unpaired) electrons.